The first-order valence-corrected chi connectivity index (χ1v) is 6.62. The number of rotatable bonds is 6. The van der Waals surface area contributed by atoms with Crippen LogP contribution in [0.15, 0.2) is 6.20 Å². The third-order valence-corrected chi connectivity index (χ3v) is 3.68. The largest absolute Gasteiger partial charge is 0.405 e. The summed E-state index contributed by atoms with van der Waals surface area (Å²) < 4.78 is 36.7. The van der Waals surface area contributed by atoms with Crippen LogP contribution in [-0.2, 0) is 0 Å². The summed E-state index contributed by atoms with van der Waals surface area (Å²) in [5.41, 5.74) is 0. The number of nitrogens with zero attached hydrogens (tertiary/aromatic N) is 2. The van der Waals surface area contributed by atoms with Crippen molar-refractivity contribution in [1.29, 1.82) is 0 Å². The number of thiazole rings is 1. The quantitative estimate of drug-likeness (QED) is 0.868. The number of anilines is 1. The summed E-state index contributed by atoms with van der Waals surface area (Å²) in [5.74, 6) is 0. The van der Waals surface area contributed by atoms with Crippen LogP contribution in [0, 0.1) is 0 Å². The van der Waals surface area contributed by atoms with Gasteiger partial charge in [-0.2, -0.15) is 13.2 Å². The molecule has 0 aliphatic rings. The highest BCUT2D eigenvalue weighted by atomic mass is 32.1. The van der Waals surface area contributed by atoms with Gasteiger partial charge in [0.15, 0.2) is 5.13 Å². The van der Waals surface area contributed by atoms with Crippen LogP contribution in [0.2, 0.25) is 0 Å². The normalized spacial score (nSPS) is 13.7. The van der Waals surface area contributed by atoms with Crippen molar-refractivity contribution in [3.8, 4) is 0 Å². The fraction of sp³-hybridized carbons (Fsp3) is 0.727. The lowest BCUT2D eigenvalue weighted by Crippen LogP contribution is -2.30. The minimum absolute atomic E-state index is 0.121. The highest BCUT2D eigenvalue weighted by Gasteiger charge is 2.30. The molecule has 3 nitrogen and oxygen atoms in total. The van der Waals surface area contributed by atoms with Crippen LogP contribution in [0.4, 0.5) is 18.3 Å². The third-order valence-electron chi connectivity index (χ3n) is 2.38. The van der Waals surface area contributed by atoms with Crippen molar-refractivity contribution < 1.29 is 13.2 Å². The van der Waals surface area contributed by atoms with Crippen molar-refractivity contribution in [3.05, 3.63) is 11.1 Å². The Hall–Kier alpha value is -0.820. The number of aromatic nitrogens is 1. The zero-order valence-electron chi connectivity index (χ0n) is 10.7. The molecule has 0 radical (unpaired) electrons. The molecule has 0 saturated carbocycles. The van der Waals surface area contributed by atoms with Crippen LogP contribution in [0.25, 0.3) is 0 Å². The third kappa shape index (κ3) is 4.81. The van der Waals surface area contributed by atoms with Gasteiger partial charge in [0.2, 0.25) is 0 Å². The molecule has 7 heteroatoms. The minimum atomic E-state index is -4.20. The van der Waals surface area contributed by atoms with Crippen LogP contribution in [-0.4, -0.2) is 31.3 Å². The Bertz CT molecular complexity index is 365. The first-order valence-electron chi connectivity index (χ1n) is 5.80. The Morgan fingerprint density at radius 3 is 2.72 bits per heavy atom. The molecule has 1 N–H and O–H groups in total. The zero-order valence-corrected chi connectivity index (χ0v) is 11.5. The molecule has 1 atom stereocenters. The number of hydrogen-bond donors (Lipinski definition) is 1. The highest BCUT2D eigenvalue weighted by Crippen LogP contribution is 2.28. The summed E-state index contributed by atoms with van der Waals surface area (Å²) in [5, 5.41) is 3.67. The van der Waals surface area contributed by atoms with Crippen molar-refractivity contribution in [3.63, 3.8) is 0 Å². The predicted octanol–water partition coefficient (Wildman–Crippen LogP) is 3.20. The lowest BCUT2D eigenvalue weighted by molar-refractivity contribution is -0.119. The van der Waals surface area contributed by atoms with Crippen LogP contribution in [0.1, 0.15) is 31.2 Å². The maximum Gasteiger partial charge on any atom is 0.405 e. The molecule has 0 spiro atoms. The zero-order chi connectivity index (χ0) is 13.8. The van der Waals surface area contributed by atoms with Gasteiger partial charge in [-0.05, 0) is 19.9 Å². The predicted molar refractivity (Wildman–Crippen MR) is 68.1 cm³/mol. The van der Waals surface area contributed by atoms with E-state index in [1.54, 1.807) is 6.20 Å². The number of hydrogen-bond acceptors (Lipinski definition) is 4. The molecular formula is C11H18F3N3S. The number of nitrogens with one attached hydrogen (secondary N) is 1. The van der Waals surface area contributed by atoms with E-state index in [1.165, 1.54) is 18.4 Å². The van der Waals surface area contributed by atoms with Crippen LogP contribution >= 0.6 is 11.3 Å². The maximum atomic E-state index is 12.2. The van der Waals surface area contributed by atoms with Gasteiger partial charge in [-0.3, -0.25) is 0 Å². The van der Waals surface area contributed by atoms with Gasteiger partial charge in [-0.15, -0.1) is 11.3 Å². The second-order valence-corrected chi connectivity index (χ2v) is 5.23. The monoisotopic (exact) mass is 281 g/mol. The van der Waals surface area contributed by atoms with E-state index >= 15 is 0 Å². The van der Waals surface area contributed by atoms with E-state index in [-0.39, 0.29) is 6.04 Å². The summed E-state index contributed by atoms with van der Waals surface area (Å²) in [6, 6.07) is 0.121. The molecule has 1 unspecified atom stereocenters. The standard InChI is InChI=1S/C11H18F3N3S/c1-4-5-15-8(2)9-6-16-10(18-9)17(3)7-11(12,13)14/h6,8,15H,4-5,7H2,1-3H3. The SMILES string of the molecule is CCCNC(C)c1cnc(N(C)CC(F)(F)F)s1. The van der Waals surface area contributed by atoms with E-state index in [1.807, 2.05) is 6.92 Å². The Morgan fingerprint density at radius 2 is 2.17 bits per heavy atom. The molecular weight excluding hydrogens is 263 g/mol. The molecule has 0 aliphatic heterocycles. The lowest BCUT2D eigenvalue weighted by atomic mass is 10.3. The number of alkyl halides is 3. The van der Waals surface area contributed by atoms with Gasteiger partial charge in [0.1, 0.15) is 6.54 Å². The second kappa shape index (κ2) is 6.38. The average molecular weight is 281 g/mol. The lowest BCUT2D eigenvalue weighted by Gasteiger charge is -2.17. The minimum Gasteiger partial charge on any atom is -0.342 e. The molecule has 1 heterocycles. The molecule has 1 aromatic heterocycles. The second-order valence-electron chi connectivity index (χ2n) is 4.19. The summed E-state index contributed by atoms with van der Waals surface area (Å²) >= 11 is 1.29. The van der Waals surface area contributed by atoms with Gasteiger partial charge in [0.05, 0.1) is 0 Å². The van der Waals surface area contributed by atoms with Gasteiger partial charge >= 0.3 is 6.18 Å². The van der Waals surface area contributed by atoms with Crippen molar-refractivity contribution in [2.45, 2.75) is 32.5 Å². The molecule has 0 aromatic carbocycles. The molecule has 18 heavy (non-hydrogen) atoms. The fourth-order valence-corrected chi connectivity index (χ4v) is 2.35. The van der Waals surface area contributed by atoms with Gasteiger partial charge in [0.25, 0.3) is 0 Å². The average Bonchev–Trinajstić information content (AvgIpc) is 2.72. The molecule has 0 amide bonds. The topological polar surface area (TPSA) is 28.2 Å². The molecule has 1 rings (SSSR count). The first kappa shape index (κ1) is 15.2. The Labute approximate surface area is 109 Å². The maximum absolute atomic E-state index is 12.2. The van der Waals surface area contributed by atoms with Gasteiger partial charge in [0, 0.05) is 24.2 Å². The van der Waals surface area contributed by atoms with Crippen LogP contribution in [0.5, 0.6) is 0 Å². The molecule has 0 bridgehead atoms. The summed E-state index contributed by atoms with van der Waals surface area (Å²) in [6.07, 6.45) is -1.54. The van der Waals surface area contributed by atoms with Crippen LogP contribution in [0.3, 0.4) is 0 Å². The fourth-order valence-electron chi connectivity index (χ4n) is 1.45. The summed E-state index contributed by atoms with van der Waals surface area (Å²) in [6.45, 7) is 3.95. The Morgan fingerprint density at radius 1 is 1.50 bits per heavy atom. The number of halogens is 3. The Kier molecular flexibility index (Phi) is 5.40. The van der Waals surface area contributed by atoms with Crippen molar-refractivity contribution in [2.75, 3.05) is 25.0 Å². The van der Waals surface area contributed by atoms with E-state index in [0.717, 1.165) is 22.7 Å². The van der Waals surface area contributed by atoms with Crippen molar-refractivity contribution >= 4 is 16.5 Å². The van der Waals surface area contributed by atoms with E-state index in [2.05, 4.69) is 17.2 Å². The highest BCUT2D eigenvalue weighted by molar-refractivity contribution is 7.15. The summed E-state index contributed by atoms with van der Waals surface area (Å²) in [4.78, 5) is 6.11. The molecule has 104 valence electrons. The molecule has 1 aromatic rings. The van der Waals surface area contributed by atoms with Crippen molar-refractivity contribution in [1.82, 2.24) is 10.3 Å². The van der Waals surface area contributed by atoms with E-state index in [9.17, 15) is 13.2 Å². The molecule has 0 fully saturated rings. The van der Waals surface area contributed by atoms with Crippen molar-refractivity contribution in [2.24, 2.45) is 0 Å². The van der Waals surface area contributed by atoms with E-state index in [0.29, 0.717) is 5.13 Å². The Balaban J connectivity index is 2.62. The summed E-state index contributed by atoms with van der Waals surface area (Å²) in [7, 11) is 1.40. The first-order chi connectivity index (χ1) is 8.33. The van der Waals surface area contributed by atoms with E-state index < -0.39 is 12.7 Å². The molecule has 0 aliphatic carbocycles. The van der Waals surface area contributed by atoms with Crippen LogP contribution < -0.4 is 10.2 Å². The van der Waals surface area contributed by atoms with Gasteiger partial charge < -0.3 is 10.2 Å². The molecule has 0 saturated heterocycles. The van der Waals surface area contributed by atoms with E-state index in [4.69, 9.17) is 0 Å². The van der Waals surface area contributed by atoms with Gasteiger partial charge in [-0.1, -0.05) is 6.92 Å². The van der Waals surface area contributed by atoms with Gasteiger partial charge in [-0.25, -0.2) is 4.98 Å². The smallest absolute Gasteiger partial charge is 0.342 e.